The van der Waals surface area contributed by atoms with Crippen LogP contribution in [0.1, 0.15) is 66.5 Å². The minimum atomic E-state index is -0.111. The lowest BCUT2D eigenvalue weighted by Gasteiger charge is -2.32. The molecule has 2 aromatic rings. The van der Waals surface area contributed by atoms with E-state index >= 15 is 0 Å². The third-order valence-corrected chi connectivity index (χ3v) is 6.30. The van der Waals surface area contributed by atoms with Gasteiger partial charge in [0, 0.05) is 56.5 Å². The van der Waals surface area contributed by atoms with Crippen molar-refractivity contribution >= 4 is 5.91 Å². The molecule has 2 aliphatic heterocycles. The number of nitrogens with one attached hydrogen (secondary N) is 1. The largest absolute Gasteiger partial charge is 0.378 e. The fourth-order valence-corrected chi connectivity index (χ4v) is 4.56. The van der Waals surface area contributed by atoms with Crippen molar-refractivity contribution in [2.24, 2.45) is 0 Å². The molecule has 0 aliphatic carbocycles. The predicted molar refractivity (Wildman–Crippen MR) is 124 cm³/mol. The Balaban J connectivity index is 1.15. The number of piperidine rings is 1. The van der Waals surface area contributed by atoms with Crippen LogP contribution >= 0.6 is 0 Å². The number of hydrogen-bond donors (Lipinski definition) is 1. The van der Waals surface area contributed by atoms with Gasteiger partial charge in [0.15, 0.2) is 5.69 Å². The summed E-state index contributed by atoms with van der Waals surface area (Å²) in [4.78, 5) is 15.2. The van der Waals surface area contributed by atoms with E-state index in [1.54, 1.807) is 0 Å². The lowest BCUT2D eigenvalue weighted by molar-refractivity contribution is 0.00514. The number of amides is 1. The third-order valence-electron chi connectivity index (χ3n) is 6.30. The van der Waals surface area contributed by atoms with Gasteiger partial charge in [-0.25, -0.2) is 0 Å². The van der Waals surface area contributed by atoms with Crippen molar-refractivity contribution in [2.45, 2.75) is 64.8 Å². The molecule has 32 heavy (non-hydrogen) atoms. The highest BCUT2D eigenvalue weighted by molar-refractivity contribution is 5.94. The molecule has 174 valence electrons. The average molecular weight is 441 g/mol. The van der Waals surface area contributed by atoms with E-state index in [0.717, 1.165) is 56.6 Å². The maximum atomic E-state index is 12.7. The molecule has 1 amide bonds. The third kappa shape index (κ3) is 5.77. The smallest absolute Gasteiger partial charge is 0.272 e. The quantitative estimate of drug-likeness (QED) is 0.606. The summed E-state index contributed by atoms with van der Waals surface area (Å²) in [6, 6.07) is 10.9. The molecule has 0 saturated carbocycles. The highest BCUT2D eigenvalue weighted by Crippen LogP contribution is 2.23. The van der Waals surface area contributed by atoms with Crippen LogP contribution in [-0.2, 0) is 29.0 Å². The molecule has 0 radical (unpaired) electrons. The maximum Gasteiger partial charge on any atom is 0.272 e. The number of rotatable bonds is 9. The average Bonchev–Trinajstić information content (AvgIpc) is 3.21. The van der Waals surface area contributed by atoms with Crippen LogP contribution in [0.15, 0.2) is 30.3 Å². The number of carbonyl (C=O) groups excluding carboxylic acids is 1. The van der Waals surface area contributed by atoms with E-state index < -0.39 is 0 Å². The molecule has 0 atom stereocenters. The molecule has 4 rings (SSSR count). The van der Waals surface area contributed by atoms with Crippen molar-refractivity contribution in [3.63, 3.8) is 0 Å². The molecule has 1 aromatic heterocycles. The molecule has 1 N–H and O–H groups in total. The minimum Gasteiger partial charge on any atom is -0.378 e. The van der Waals surface area contributed by atoms with Crippen LogP contribution in [0.2, 0.25) is 0 Å². The van der Waals surface area contributed by atoms with Gasteiger partial charge in [-0.1, -0.05) is 30.3 Å². The molecule has 0 spiro atoms. The Hall–Kier alpha value is -2.22. The van der Waals surface area contributed by atoms with Gasteiger partial charge in [0.2, 0.25) is 0 Å². The summed E-state index contributed by atoms with van der Waals surface area (Å²) < 4.78 is 13.6. The number of hydrogen-bond acceptors (Lipinski definition) is 5. The molecular formula is C25H36N4O3. The second-order valence-electron chi connectivity index (χ2n) is 9.06. The molecular weight excluding hydrogens is 404 g/mol. The first kappa shape index (κ1) is 23.0. The van der Waals surface area contributed by atoms with Crippen LogP contribution in [0, 0.1) is 0 Å². The van der Waals surface area contributed by atoms with E-state index in [4.69, 9.17) is 9.47 Å². The Bertz CT molecular complexity index is 873. The van der Waals surface area contributed by atoms with E-state index in [-0.39, 0.29) is 11.9 Å². The molecule has 1 aromatic carbocycles. The minimum absolute atomic E-state index is 0.111. The van der Waals surface area contributed by atoms with Crippen LogP contribution in [0.4, 0.5) is 0 Å². The van der Waals surface area contributed by atoms with Crippen molar-refractivity contribution in [1.29, 1.82) is 0 Å². The number of benzene rings is 1. The molecule has 7 heteroatoms. The molecule has 3 heterocycles. The Morgan fingerprint density at radius 2 is 2.03 bits per heavy atom. The Morgan fingerprint density at radius 1 is 1.25 bits per heavy atom. The van der Waals surface area contributed by atoms with Crippen molar-refractivity contribution in [3.05, 3.63) is 52.8 Å². The zero-order chi connectivity index (χ0) is 22.3. The van der Waals surface area contributed by atoms with Gasteiger partial charge >= 0.3 is 0 Å². The topological polar surface area (TPSA) is 68.6 Å². The van der Waals surface area contributed by atoms with Gasteiger partial charge in [-0.2, -0.15) is 5.10 Å². The van der Waals surface area contributed by atoms with E-state index in [2.05, 4.69) is 59.5 Å². The zero-order valence-corrected chi connectivity index (χ0v) is 19.4. The van der Waals surface area contributed by atoms with Crippen molar-refractivity contribution in [2.75, 3.05) is 32.8 Å². The van der Waals surface area contributed by atoms with E-state index in [9.17, 15) is 4.79 Å². The number of carbonyl (C=O) groups is 1. The molecule has 0 unspecified atom stereocenters. The summed E-state index contributed by atoms with van der Waals surface area (Å²) in [6.07, 6.45) is 4.07. The monoisotopic (exact) mass is 440 g/mol. The summed E-state index contributed by atoms with van der Waals surface area (Å²) in [7, 11) is 0. The van der Waals surface area contributed by atoms with Crippen LogP contribution in [0.5, 0.6) is 0 Å². The van der Waals surface area contributed by atoms with Gasteiger partial charge < -0.3 is 14.8 Å². The molecule has 1 saturated heterocycles. The van der Waals surface area contributed by atoms with Crippen LogP contribution in [0.3, 0.4) is 0 Å². The van der Waals surface area contributed by atoms with Crippen LogP contribution in [-0.4, -0.2) is 59.5 Å². The fourth-order valence-electron chi connectivity index (χ4n) is 4.56. The second kappa shape index (κ2) is 11.1. The highest BCUT2D eigenvalue weighted by Gasteiger charge is 2.26. The van der Waals surface area contributed by atoms with E-state index in [1.165, 1.54) is 5.56 Å². The number of likely N-dealkylation sites (tertiary alicyclic amines) is 1. The molecule has 0 bridgehead atoms. The summed E-state index contributed by atoms with van der Waals surface area (Å²) in [5, 5.41) is 7.60. The van der Waals surface area contributed by atoms with Gasteiger partial charge in [0.25, 0.3) is 5.91 Å². The maximum absolute atomic E-state index is 12.7. The second-order valence-corrected chi connectivity index (χ2v) is 9.06. The summed E-state index contributed by atoms with van der Waals surface area (Å²) in [5.41, 5.74) is 3.97. The number of aromatic nitrogens is 2. The van der Waals surface area contributed by atoms with Gasteiger partial charge in [-0.3, -0.25) is 14.4 Å². The summed E-state index contributed by atoms with van der Waals surface area (Å²) in [5.74, 6) is -0.111. The first-order valence-electron chi connectivity index (χ1n) is 12.0. The van der Waals surface area contributed by atoms with Gasteiger partial charge in [-0.05, 0) is 38.7 Å². The first-order chi connectivity index (χ1) is 15.6. The first-order valence-corrected chi connectivity index (χ1v) is 12.0. The van der Waals surface area contributed by atoms with Gasteiger partial charge in [0.1, 0.15) is 0 Å². The Kier molecular flexibility index (Phi) is 7.95. The molecule has 7 nitrogen and oxygen atoms in total. The van der Waals surface area contributed by atoms with Gasteiger partial charge in [-0.15, -0.1) is 0 Å². The zero-order valence-electron chi connectivity index (χ0n) is 19.4. The lowest BCUT2D eigenvalue weighted by Crippen LogP contribution is -2.37. The van der Waals surface area contributed by atoms with E-state index in [0.29, 0.717) is 38.2 Å². The summed E-state index contributed by atoms with van der Waals surface area (Å²) in [6.45, 7) is 9.76. The molecule has 2 aliphatic rings. The number of nitrogens with zero attached hydrogens (tertiary/aromatic N) is 3. The normalized spacial score (nSPS) is 17.5. The Morgan fingerprint density at radius 3 is 2.78 bits per heavy atom. The van der Waals surface area contributed by atoms with Crippen molar-refractivity contribution < 1.29 is 14.3 Å². The standard InChI is InChI=1S/C25H36N4O3/c1-19(2)29-23-11-16-31-18-22(23)24(27-29)25(30)26-12-6-15-32-21-9-13-28(14-10-21)17-20-7-4-3-5-8-20/h3-5,7-8,19,21H,6,9-18H2,1-2H3,(H,26,30). The number of ether oxygens (including phenoxy) is 2. The fraction of sp³-hybridized carbons (Fsp3) is 0.600. The van der Waals surface area contributed by atoms with Crippen molar-refractivity contribution in [1.82, 2.24) is 20.0 Å². The lowest BCUT2D eigenvalue weighted by atomic mass is 10.1. The van der Waals surface area contributed by atoms with Crippen molar-refractivity contribution in [3.8, 4) is 0 Å². The van der Waals surface area contributed by atoms with E-state index in [1.807, 2.05) is 4.68 Å². The SMILES string of the molecule is CC(C)n1nc(C(=O)NCCCOC2CCN(Cc3ccccc3)CC2)c2c1CCOC2. The van der Waals surface area contributed by atoms with Crippen LogP contribution < -0.4 is 5.32 Å². The predicted octanol–water partition coefficient (Wildman–Crippen LogP) is 3.34. The van der Waals surface area contributed by atoms with Crippen LogP contribution in [0.25, 0.3) is 0 Å². The van der Waals surface area contributed by atoms with Gasteiger partial charge in [0.05, 0.1) is 19.3 Å². The summed E-state index contributed by atoms with van der Waals surface area (Å²) >= 11 is 0. The Labute approximate surface area is 191 Å². The highest BCUT2D eigenvalue weighted by atomic mass is 16.5. The number of fused-ring (bicyclic) bond motifs is 1. The molecule has 1 fully saturated rings.